The molecule has 0 radical (unpaired) electrons. The number of methoxy groups -OCH3 is 1. The van der Waals surface area contributed by atoms with E-state index >= 15 is 0 Å². The molecule has 0 spiro atoms. The van der Waals surface area contributed by atoms with Gasteiger partial charge in [0.15, 0.2) is 0 Å². The Balaban J connectivity index is 2.92. The molecule has 0 unspecified atom stereocenters. The van der Waals surface area contributed by atoms with Crippen molar-refractivity contribution in [3.05, 3.63) is 45.8 Å². The van der Waals surface area contributed by atoms with Crippen molar-refractivity contribution < 1.29 is 9.53 Å². The molecule has 0 aromatic heterocycles. The number of hydrogen-bond donors (Lipinski definition) is 2. The van der Waals surface area contributed by atoms with Gasteiger partial charge in [0.25, 0.3) is 5.91 Å². The summed E-state index contributed by atoms with van der Waals surface area (Å²) in [6, 6.07) is 5.11. The molecule has 19 heavy (non-hydrogen) atoms. The van der Waals surface area contributed by atoms with Gasteiger partial charge in [-0.1, -0.05) is 23.3 Å². The third-order valence-electron chi connectivity index (χ3n) is 2.39. The van der Waals surface area contributed by atoms with Crippen molar-refractivity contribution in [2.24, 2.45) is 11.0 Å². The highest BCUT2D eigenvalue weighted by molar-refractivity contribution is 5.97. The smallest absolute Gasteiger partial charge is 0.265 e. The van der Waals surface area contributed by atoms with Gasteiger partial charge in [0, 0.05) is 11.5 Å². The summed E-state index contributed by atoms with van der Waals surface area (Å²) in [5.74, 6) is 5.32. The van der Waals surface area contributed by atoms with Crippen LogP contribution in [0.3, 0.4) is 0 Å². The summed E-state index contributed by atoms with van der Waals surface area (Å²) in [5.41, 5.74) is 11.4. The van der Waals surface area contributed by atoms with Crippen LogP contribution in [0.2, 0.25) is 0 Å². The normalized spacial score (nSPS) is 10.0. The first kappa shape index (κ1) is 14.6. The fourth-order valence-corrected chi connectivity index (χ4v) is 1.47. The number of nitrogen functional groups attached to an aromatic ring is 1. The maximum Gasteiger partial charge on any atom is 0.265 e. The number of hydrazine groups is 1. The van der Waals surface area contributed by atoms with Gasteiger partial charge in [-0.2, -0.15) is 0 Å². The molecule has 0 aliphatic heterocycles. The Hall–Kier alpha value is -2.50. The average molecular weight is 261 g/mol. The number of amides is 1. The molecule has 7 nitrogen and oxygen atoms in total. The van der Waals surface area contributed by atoms with Gasteiger partial charge in [-0.3, -0.25) is 10.2 Å². The number of rotatable bonds is 6. The Bertz CT molecular complexity index is 521. The van der Waals surface area contributed by atoms with E-state index in [4.69, 9.17) is 16.1 Å². The summed E-state index contributed by atoms with van der Waals surface area (Å²) < 4.78 is 5.06. The van der Waals surface area contributed by atoms with Crippen molar-refractivity contribution in [2.45, 2.75) is 6.42 Å². The van der Waals surface area contributed by atoms with Crippen LogP contribution in [0.1, 0.15) is 22.3 Å². The van der Waals surface area contributed by atoms with E-state index in [2.05, 4.69) is 15.5 Å². The van der Waals surface area contributed by atoms with Crippen molar-refractivity contribution in [3.8, 4) is 5.75 Å². The van der Waals surface area contributed by atoms with Crippen molar-refractivity contribution >= 4 is 12.0 Å². The highest BCUT2D eigenvalue weighted by atomic mass is 16.5. The largest absolute Gasteiger partial charge is 0.497 e. The molecule has 1 aromatic carbocycles. The molecular formula is C12H15N5O2. The summed E-state index contributed by atoms with van der Waals surface area (Å²) in [6.45, 7) is 0.377. The molecular weight excluding hydrogens is 246 g/mol. The van der Waals surface area contributed by atoms with E-state index in [1.807, 2.05) is 6.08 Å². The Kier molecular flexibility index (Phi) is 5.94. The van der Waals surface area contributed by atoms with Crippen LogP contribution < -0.4 is 16.0 Å². The van der Waals surface area contributed by atoms with Crippen LogP contribution in [0.4, 0.5) is 0 Å². The quantitative estimate of drug-likeness (QED) is 0.155. The van der Waals surface area contributed by atoms with Crippen molar-refractivity contribution in [1.82, 2.24) is 5.43 Å². The fourth-order valence-electron chi connectivity index (χ4n) is 1.47. The van der Waals surface area contributed by atoms with E-state index in [9.17, 15) is 4.79 Å². The van der Waals surface area contributed by atoms with Gasteiger partial charge in [-0.15, -0.1) is 0 Å². The average Bonchev–Trinajstić information content (AvgIpc) is 2.46. The number of nitrogens with one attached hydrogen (secondary N) is 1. The molecule has 0 atom stereocenters. The van der Waals surface area contributed by atoms with Gasteiger partial charge >= 0.3 is 0 Å². The summed E-state index contributed by atoms with van der Waals surface area (Å²) in [4.78, 5) is 14.3. The number of ether oxygens (including phenoxy) is 1. The molecule has 0 fully saturated rings. The first-order valence-electron chi connectivity index (χ1n) is 5.59. The Morgan fingerprint density at radius 2 is 2.42 bits per heavy atom. The molecule has 0 saturated carbocycles. The second-order valence-corrected chi connectivity index (χ2v) is 3.57. The maximum atomic E-state index is 11.6. The summed E-state index contributed by atoms with van der Waals surface area (Å²) in [7, 11) is 1.52. The van der Waals surface area contributed by atoms with Crippen LogP contribution in [-0.2, 0) is 0 Å². The SMILES string of the molecule is COc1ccc(C=CCCN=[N+]=[N-])c(C(=O)NN)c1. The van der Waals surface area contributed by atoms with Gasteiger partial charge < -0.3 is 4.74 Å². The molecule has 0 aliphatic carbocycles. The van der Waals surface area contributed by atoms with Crippen molar-refractivity contribution in [2.75, 3.05) is 13.7 Å². The molecule has 0 aliphatic rings. The molecule has 1 rings (SSSR count). The molecule has 0 heterocycles. The molecule has 0 saturated heterocycles. The second-order valence-electron chi connectivity index (χ2n) is 3.57. The lowest BCUT2D eigenvalue weighted by Gasteiger charge is -2.07. The van der Waals surface area contributed by atoms with Crippen molar-refractivity contribution in [3.63, 3.8) is 0 Å². The Morgan fingerprint density at radius 3 is 3.05 bits per heavy atom. The van der Waals surface area contributed by atoms with Crippen LogP contribution >= 0.6 is 0 Å². The zero-order valence-corrected chi connectivity index (χ0v) is 10.5. The van der Waals surface area contributed by atoms with E-state index in [0.29, 0.717) is 29.8 Å². The lowest BCUT2D eigenvalue weighted by Crippen LogP contribution is -2.30. The van der Waals surface area contributed by atoms with Crippen LogP contribution in [0.25, 0.3) is 16.5 Å². The summed E-state index contributed by atoms with van der Waals surface area (Å²) in [5, 5.41) is 3.41. The topological polar surface area (TPSA) is 113 Å². The molecule has 3 N–H and O–H groups in total. The predicted molar refractivity (Wildman–Crippen MR) is 72.3 cm³/mol. The molecule has 100 valence electrons. The number of nitrogens with two attached hydrogens (primary N) is 1. The minimum Gasteiger partial charge on any atom is -0.497 e. The second kappa shape index (κ2) is 7.75. The number of carbonyl (C=O) groups excluding carboxylic acids is 1. The monoisotopic (exact) mass is 261 g/mol. The predicted octanol–water partition coefficient (Wildman–Crippen LogP) is 2.01. The molecule has 1 aromatic rings. The highest BCUT2D eigenvalue weighted by Crippen LogP contribution is 2.19. The number of carbonyl (C=O) groups is 1. The zero-order valence-electron chi connectivity index (χ0n) is 10.5. The fraction of sp³-hybridized carbons (Fsp3) is 0.250. The van der Waals surface area contributed by atoms with Crippen LogP contribution in [0.5, 0.6) is 5.75 Å². The number of hydrogen-bond acceptors (Lipinski definition) is 4. The lowest BCUT2D eigenvalue weighted by atomic mass is 10.1. The Morgan fingerprint density at radius 1 is 1.63 bits per heavy atom. The molecule has 1 amide bonds. The lowest BCUT2D eigenvalue weighted by molar-refractivity contribution is 0.0953. The van der Waals surface area contributed by atoms with Gasteiger partial charge in [0.1, 0.15) is 5.75 Å². The third-order valence-corrected chi connectivity index (χ3v) is 2.39. The van der Waals surface area contributed by atoms with E-state index in [-0.39, 0.29) is 0 Å². The number of benzene rings is 1. The summed E-state index contributed by atoms with van der Waals surface area (Å²) >= 11 is 0. The minimum absolute atomic E-state index is 0.377. The third kappa shape index (κ3) is 4.34. The number of nitrogens with zero attached hydrogens (tertiary/aromatic N) is 3. The van der Waals surface area contributed by atoms with Gasteiger partial charge in [-0.25, -0.2) is 5.84 Å². The highest BCUT2D eigenvalue weighted by Gasteiger charge is 2.09. The van der Waals surface area contributed by atoms with Crippen molar-refractivity contribution in [1.29, 1.82) is 0 Å². The van der Waals surface area contributed by atoms with Crippen LogP contribution in [-0.4, -0.2) is 19.6 Å². The van der Waals surface area contributed by atoms with E-state index in [1.165, 1.54) is 7.11 Å². The standard InChI is InChI=1S/C12H15N5O2/c1-19-10-6-5-9(4-2-3-7-15-17-14)11(8-10)12(18)16-13/h2,4-6,8H,3,7,13H2,1H3,(H,16,18). The van der Waals surface area contributed by atoms with Gasteiger partial charge in [0.05, 0.1) is 12.7 Å². The van der Waals surface area contributed by atoms with Crippen LogP contribution in [0, 0.1) is 0 Å². The van der Waals surface area contributed by atoms with Gasteiger partial charge in [-0.05, 0) is 29.6 Å². The zero-order chi connectivity index (χ0) is 14.1. The van der Waals surface area contributed by atoms with Crippen LogP contribution in [0.15, 0.2) is 29.4 Å². The van der Waals surface area contributed by atoms with E-state index in [0.717, 1.165) is 0 Å². The van der Waals surface area contributed by atoms with E-state index in [1.54, 1.807) is 24.3 Å². The van der Waals surface area contributed by atoms with Gasteiger partial charge in [0.2, 0.25) is 0 Å². The first-order valence-corrected chi connectivity index (χ1v) is 5.59. The first-order chi connectivity index (χ1) is 9.22. The summed E-state index contributed by atoms with van der Waals surface area (Å²) in [6.07, 6.45) is 4.19. The Labute approximate surface area is 110 Å². The van der Waals surface area contributed by atoms with E-state index < -0.39 is 5.91 Å². The minimum atomic E-state index is -0.395. The molecule has 7 heteroatoms. The molecule has 0 bridgehead atoms. The maximum absolute atomic E-state index is 11.6. The number of azide groups is 1.